The van der Waals surface area contributed by atoms with E-state index in [1.807, 2.05) is 19.1 Å². The molecule has 0 N–H and O–H groups in total. The summed E-state index contributed by atoms with van der Waals surface area (Å²) in [5.74, 6) is -3.77. The standard InChI is InChI=1S/C30H22F5N/c1-2-3-4-5-18-14-27(33)29(28(34)15-18)22-10-11-23-21(16-22)9-8-20(30(23)35)7-6-19-12-25(31)24(17-36)26(32)13-19/h2-3,8-16H,4-7H2,1H3/b3-2+. The van der Waals surface area contributed by atoms with Crippen molar-refractivity contribution in [3.63, 3.8) is 0 Å². The lowest BCUT2D eigenvalue weighted by atomic mass is 9.95. The molecule has 0 saturated heterocycles. The van der Waals surface area contributed by atoms with Crippen LogP contribution in [0.1, 0.15) is 35.6 Å². The smallest absolute Gasteiger partial charge is 0.144 e. The van der Waals surface area contributed by atoms with Gasteiger partial charge in [0, 0.05) is 5.39 Å². The minimum atomic E-state index is -0.954. The van der Waals surface area contributed by atoms with Crippen molar-refractivity contribution in [2.24, 2.45) is 0 Å². The summed E-state index contributed by atoms with van der Waals surface area (Å²) in [6.45, 7) is 1.88. The van der Waals surface area contributed by atoms with Crippen LogP contribution in [0.5, 0.6) is 0 Å². The third-order valence-electron chi connectivity index (χ3n) is 6.16. The highest BCUT2D eigenvalue weighted by Gasteiger charge is 2.16. The maximum Gasteiger partial charge on any atom is 0.144 e. The van der Waals surface area contributed by atoms with Crippen LogP contribution < -0.4 is 0 Å². The van der Waals surface area contributed by atoms with Crippen molar-refractivity contribution >= 4 is 10.8 Å². The second kappa shape index (κ2) is 10.7. The number of benzene rings is 4. The molecule has 0 spiro atoms. The molecular weight excluding hydrogens is 469 g/mol. The number of allylic oxidation sites excluding steroid dienone is 2. The van der Waals surface area contributed by atoms with E-state index in [4.69, 9.17) is 5.26 Å². The number of aryl methyl sites for hydroxylation is 3. The Balaban J connectivity index is 1.59. The fourth-order valence-electron chi connectivity index (χ4n) is 4.30. The number of nitriles is 1. The van der Waals surface area contributed by atoms with Gasteiger partial charge in [-0.2, -0.15) is 5.26 Å². The zero-order chi connectivity index (χ0) is 25.8. The molecule has 6 heteroatoms. The molecule has 4 rings (SSSR count). The van der Waals surface area contributed by atoms with Crippen LogP contribution in [0.25, 0.3) is 21.9 Å². The molecule has 0 aliphatic heterocycles. The van der Waals surface area contributed by atoms with Crippen molar-refractivity contribution in [2.45, 2.75) is 32.6 Å². The van der Waals surface area contributed by atoms with Crippen LogP contribution in [-0.4, -0.2) is 0 Å². The summed E-state index contributed by atoms with van der Waals surface area (Å²) >= 11 is 0. The van der Waals surface area contributed by atoms with E-state index in [1.165, 1.54) is 36.4 Å². The summed E-state index contributed by atoms with van der Waals surface area (Å²) in [7, 11) is 0. The molecule has 0 aromatic heterocycles. The molecular formula is C30H22F5N. The van der Waals surface area contributed by atoms with Crippen LogP contribution in [0.4, 0.5) is 22.0 Å². The number of hydrogen-bond donors (Lipinski definition) is 0. The van der Waals surface area contributed by atoms with E-state index in [0.717, 1.165) is 12.1 Å². The second-order valence-electron chi connectivity index (χ2n) is 8.56. The minimum Gasteiger partial charge on any atom is -0.206 e. The van der Waals surface area contributed by atoms with Crippen LogP contribution in [-0.2, 0) is 19.3 Å². The Kier molecular flexibility index (Phi) is 7.49. The molecule has 0 fully saturated rings. The lowest BCUT2D eigenvalue weighted by Crippen LogP contribution is -1.99. The highest BCUT2D eigenvalue weighted by molar-refractivity contribution is 5.88. The predicted molar refractivity (Wildman–Crippen MR) is 131 cm³/mol. The molecule has 0 saturated carbocycles. The van der Waals surface area contributed by atoms with E-state index in [-0.39, 0.29) is 23.8 Å². The molecule has 0 amide bonds. The lowest BCUT2D eigenvalue weighted by molar-refractivity contribution is 0.572. The Morgan fingerprint density at radius 1 is 0.750 bits per heavy atom. The predicted octanol–water partition coefficient (Wildman–Crippen LogP) is 8.37. The van der Waals surface area contributed by atoms with Crippen molar-refractivity contribution in [2.75, 3.05) is 0 Å². The van der Waals surface area contributed by atoms with Gasteiger partial charge in [0.25, 0.3) is 0 Å². The van der Waals surface area contributed by atoms with Crippen LogP contribution >= 0.6 is 0 Å². The van der Waals surface area contributed by atoms with Crippen molar-refractivity contribution in [1.82, 2.24) is 0 Å². The second-order valence-corrected chi connectivity index (χ2v) is 8.56. The number of halogens is 5. The quantitative estimate of drug-likeness (QED) is 0.188. The van der Waals surface area contributed by atoms with Crippen LogP contribution in [0.15, 0.2) is 66.7 Å². The van der Waals surface area contributed by atoms with Gasteiger partial charge in [-0.3, -0.25) is 0 Å². The maximum atomic E-state index is 15.2. The summed E-state index contributed by atoms with van der Waals surface area (Å²) in [5.41, 5.74) is 0.685. The molecule has 0 bridgehead atoms. The average Bonchev–Trinajstić information content (AvgIpc) is 2.83. The molecule has 1 nitrogen and oxygen atoms in total. The summed E-state index contributed by atoms with van der Waals surface area (Å²) < 4.78 is 72.5. The van der Waals surface area contributed by atoms with Gasteiger partial charge in [0.2, 0.25) is 0 Å². The lowest BCUT2D eigenvalue weighted by Gasteiger charge is -2.11. The Bertz CT molecular complexity index is 1470. The summed E-state index contributed by atoms with van der Waals surface area (Å²) in [5, 5.41) is 9.53. The van der Waals surface area contributed by atoms with Gasteiger partial charge in [-0.25, -0.2) is 22.0 Å². The van der Waals surface area contributed by atoms with Gasteiger partial charge < -0.3 is 0 Å². The van der Waals surface area contributed by atoms with Gasteiger partial charge >= 0.3 is 0 Å². The Morgan fingerprint density at radius 3 is 2.03 bits per heavy atom. The van der Waals surface area contributed by atoms with Gasteiger partial charge in [-0.1, -0.05) is 36.4 Å². The summed E-state index contributed by atoms with van der Waals surface area (Å²) in [6.07, 6.45) is 5.35. The molecule has 4 aromatic rings. The van der Waals surface area contributed by atoms with E-state index >= 15 is 4.39 Å². The molecule has 0 heterocycles. The monoisotopic (exact) mass is 491 g/mol. The number of rotatable bonds is 7. The molecule has 0 unspecified atom stereocenters. The normalized spacial score (nSPS) is 11.4. The van der Waals surface area contributed by atoms with E-state index in [1.54, 1.807) is 12.1 Å². The Morgan fingerprint density at radius 2 is 1.39 bits per heavy atom. The number of hydrogen-bond acceptors (Lipinski definition) is 1. The van der Waals surface area contributed by atoms with Crippen LogP contribution in [0.3, 0.4) is 0 Å². The largest absolute Gasteiger partial charge is 0.206 e. The zero-order valence-electron chi connectivity index (χ0n) is 19.5. The van der Waals surface area contributed by atoms with Gasteiger partial charge in [0.1, 0.15) is 40.7 Å². The Labute approximate surface area is 206 Å². The third kappa shape index (κ3) is 5.16. The molecule has 0 radical (unpaired) electrons. The van der Waals surface area contributed by atoms with E-state index in [9.17, 15) is 17.6 Å². The molecule has 4 aromatic carbocycles. The van der Waals surface area contributed by atoms with E-state index < -0.39 is 34.6 Å². The first-order valence-corrected chi connectivity index (χ1v) is 11.5. The fraction of sp³-hybridized carbons (Fsp3) is 0.167. The maximum absolute atomic E-state index is 15.2. The molecule has 0 aliphatic rings. The first-order valence-electron chi connectivity index (χ1n) is 11.5. The highest BCUT2D eigenvalue weighted by atomic mass is 19.1. The molecule has 36 heavy (non-hydrogen) atoms. The summed E-state index contributed by atoms with van der Waals surface area (Å²) in [6, 6.07) is 13.9. The molecule has 182 valence electrons. The van der Waals surface area contributed by atoms with Gasteiger partial charge in [0.15, 0.2) is 0 Å². The van der Waals surface area contributed by atoms with Crippen molar-refractivity contribution in [1.29, 1.82) is 5.26 Å². The first-order chi connectivity index (χ1) is 17.3. The third-order valence-corrected chi connectivity index (χ3v) is 6.16. The van der Waals surface area contributed by atoms with Gasteiger partial charge in [-0.05, 0) is 90.6 Å². The SMILES string of the molecule is C/C=C/CCc1cc(F)c(-c2ccc3c(F)c(CCc4cc(F)c(C#N)c(F)c4)ccc3c2)c(F)c1. The average molecular weight is 492 g/mol. The van der Waals surface area contributed by atoms with Gasteiger partial charge in [0.05, 0.1) is 5.56 Å². The zero-order valence-corrected chi connectivity index (χ0v) is 19.5. The van der Waals surface area contributed by atoms with Crippen LogP contribution in [0.2, 0.25) is 0 Å². The van der Waals surface area contributed by atoms with Gasteiger partial charge in [-0.15, -0.1) is 0 Å². The molecule has 0 aliphatic carbocycles. The van der Waals surface area contributed by atoms with Crippen molar-refractivity contribution in [3.05, 3.63) is 118 Å². The van der Waals surface area contributed by atoms with Crippen molar-refractivity contribution < 1.29 is 22.0 Å². The summed E-state index contributed by atoms with van der Waals surface area (Å²) in [4.78, 5) is 0. The topological polar surface area (TPSA) is 23.8 Å². The minimum absolute atomic E-state index is 0.164. The fourth-order valence-corrected chi connectivity index (χ4v) is 4.30. The molecule has 0 atom stereocenters. The van der Waals surface area contributed by atoms with E-state index in [2.05, 4.69) is 0 Å². The first kappa shape index (κ1) is 25.1. The van der Waals surface area contributed by atoms with Crippen molar-refractivity contribution in [3.8, 4) is 17.2 Å². The van der Waals surface area contributed by atoms with Crippen LogP contribution in [0, 0.1) is 40.4 Å². The highest BCUT2D eigenvalue weighted by Crippen LogP contribution is 2.32. The number of fused-ring (bicyclic) bond motifs is 1. The van der Waals surface area contributed by atoms with E-state index in [0.29, 0.717) is 40.5 Å². The Hall–Kier alpha value is -3.98. The number of nitrogens with zero attached hydrogens (tertiary/aromatic N) is 1.